The highest BCUT2D eigenvalue weighted by atomic mass is 16.2. The largest absolute Gasteiger partial charge is 0.340 e. The highest BCUT2D eigenvalue weighted by molar-refractivity contribution is 6.06. The molecule has 0 fully saturated rings. The van der Waals surface area contributed by atoms with E-state index in [-0.39, 0.29) is 17.6 Å². The van der Waals surface area contributed by atoms with Crippen LogP contribution in [0.1, 0.15) is 40.9 Å². The lowest BCUT2D eigenvalue weighted by Gasteiger charge is -2.15. The number of nitrogens with one attached hydrogen (secondary N) is 1. The van der Waals surface area contributed by atoms with Crippen molar-refractivity contribution in [3.05, 3.63) is 66.2 Å². The van der Waals surface area contributed by atoms with Crippen LogP contribution in [0.4, 0.5) is 5.69 Å². The summed E-state index contributed by atoms with van der Waals surface area (Å²) >= 11 is 0. The van der Waals surface area contributed by atoms with Crippen molar-refractivity contribution in [3.8, 4) is 0 Å². The monoisotopic (exact) mass is 350 g/mol. The molecule has 1 N–H and O–H groups in total. The molecule has 2 heterocycles. The lowest BCUT2D eigenvalue weighted by Crippen LogP contribution is -2.28. The number of benzene rings is 1. The van der Waals surface area contributed by atoms with E-state index >= 15 is 0 Å². The maximum atomic E-state index is 12.8. The van der Waals surface area contributed by atoms with Gasteiger partial charge in [0.1, 0.15) is 0 Å². The molecular weight excluding hydrogens is 328 g/mol. The Labute approximate surface area is 152 Å². The van der Waals surface area contributed by atoms with Crippen LogP contribution in [0.3, 0.4) is 0 Å². The molecule has 2 amide bonds. The van der Waals surface area contributed by atoms with E-state index in [9.17, 15) is 9.59 Å². The summed E-state index contributed by atoms with van der Waals surface area (Å²) in [5.41, 5.74) is 1.60. The van der Waals surface area contributed by atoms with Crippen LogP contribution in [-0.4, -0.2) is 39.7 Å². The number of unbranched alkanes of at least 4 members (excludes halogenated alkanes) is 1. The minimum Gasteiger partial charge on any atom is -0.340 e. The van der Waals surface area contributed by atoms with Crippen LogP contribution in [-0.2, 0) is 0 Å². The molecule has 3 rings (SSSR count). The summed E-state index contributed by atoms with van der Waals surface area (Å²) in [6.45, 7) is 2.74. The number of fused-ring (bicyclic) bond motifs is 1. The number of hydrogen-bond acceptors (Lipinski definition) is 3. The van der Waals surface area contributed by atoms with Gasteiger partial charge in [0.05, 0.1) is 5.52 Å². The van der Waals surface area contributed by atoms with E-state index in [1.165, 1.54) is 0 Å². The highest BCUT2D eigenvalue weighted by Crippen LogP contribution is 2.17. The standard InChI is InChI=1S/C20H22N4O2/c1-3-4-13-23(2)20(26)17-16-12-8-9-14-24(16)18(22-17)19(25)21-15-10-6-5-7-11-15/h5-12,14H,3-4,13H2,1-2H3,(H,21,25). The molecule has 3 aromatic rings. The summed E-state index contributed by atoms with van der Waals surface area (Å²) in [5.74, 6) is -0.342. The van der Waals surface area contributed by atoms with Gasteiger partial charge in [-0.2, -0.15) is 0 Å². The molecule has 0 aliphatic carbocycles. The van der Waals surface area contributed by atoms with Gasteiger partial charge in [0.25, 0.3) is 11.8 Å². The molecule has 0 atom stereocenters. The average Bonchev–Trinajstić information content (AvgIpc) is 3.06. The fourth-order valence-corrected chi connectivity index (χ4v) is 2.74. The van der Waals surface area contributed by atoms with Crippen LogP contribution in [0.25, 0.3) is 5.52 Å². The maximum absolute atomic E-state index is 12.8. The SMILES string of the molecule is CCCCN(C)C(=O)c1nc(C(=O)Nc2ccccc2)n2ccccc12. The normalized spacial score (nSPS) is 10.7. The Morgan fingerprint density at radius 1 is 1.12 bits per heavy atom. The third-order valence-corrected chi connectivity index (χ3v) is 4.18. The molecule has 0 aliphatic rings. The van der Waals surface area contributed by atoms with Gasteiger partial charge in [-0.1, -0.05) is 37.6 Å². The van der Waals surface area contributed by atoms with E-state index in [4.69, 9.17) is 0 Å². The molecule has 0 bridgehead atoms. The molecule has 0 spiro atoms. The van der Waals surface area contributed by atoms with Gasteiger partial charge in [-0.3, -0.25) is 14.0 Å². The maximum Gasteiger partial charge on any atom is 0.292 e. The molecule has 134 valence electrons. The van der Waals surface area contributed by atoms with Gasteiger partial charge in [0.15, 0.2) is 5.69 Å². The summed E-state index contributed by atoms with van der Waals surface area (Å²) in [7, 11) is 1.76. The first-order valence-corrected chi connectivity index (χ1v) is 8.70. The third-order valence-electron chi connectivity index (χ3n) is 4.18. The van der Waals surface area contributed by atoms with Crippen LogP contribution in [0.5, 0.6) is 0 Å². The first kappa shape index (κ1) is 17.7. The van der Waals surface area contributed by atoms with E-state index < -0.39 is 0 Å². The molecule has 0 aliphatic heterocycles. The number of imidazole rings is 1. The zero-order valence-electron chi connectivity index (χ0n) is 15.0. The first-order chi connectivity index (χ1) is 12.6. The molecule has 0 saturated heterocycles. The number of para-hydroxylation sites is 1. The van der Waals surface area contributed by atoms with Crippen molar-refractivity contribution in [2.24, 2.45) is 0 Å². The van der Waals surface area contributed by atoms with Crippen molar-refractivity contribution in [2.75, 3.05) is 18.9 Å². The van der Waals surface area contributed by atoms with Crippen LogP contribution < -0.4 is 5.32 Å². The van der Waals surface area contributed by atoms with Crippen molar-refractivity contribution >= 4 is 23.0 Å². The Morgan fingerprint density at radius 2 is 1.85 bits per heavy atom. The van der Waals surface area contributed by atoms with E-state index in [1.807, 2.05) is 30.3 Å². The van der Waals surface area contributed by atoms with Crippen LogP contribution in [0, 0.1) is 0 Å². The van der Waals surface area contributed by atoms with Crippen molar-refractivity contribution in [2.45, 2.75) is 19.8 Å². The summed E-state index contributed by atoms with van der Waals surface area (Å²) in [6.07, 6.45) is 3.67. The predicted octanol–water partition coefficient (Wildman–Crippen LogP) is 3.46. The molecule has 0 radical (unpaired) electrons. The van der Waals surface area contributed by atoms with Gasteiger partial charge in [-0.25, -0.2) is 4.98 Å². The number of carbonyl (C=O) groups excluding carboxylic acids is 2. The second-order valence-electron chi connectivity index (χ2n) is 6.14. The summed E-state index contributed by atoms with van der Waals surface area (Å²) in [6, 6.07) is 14.6. The van der Waals surface area contributed by atoms with Crippen molar-refractivity contribution in [1.82, 2.24) is 14.3 Å². The lowest BCUT2D eigenvalue weighted by atomic mass is 10.2. The fourth-order valence-electron chi connectivity index (χ4n) is 2.74. The zero-order valence-corrected chi connectivity index (χ0v) is 15.0. The molecule has 6 nitrogen and oxygen atoms in total. The van der Waals surface area contributed by atoms with Crippen LogP contribution >= 0.6 is 0 Å². The topological polar surface area (TPSA) is 66.7 Å². The van der Waals surface area contributed by atoms with Crippen molar-refractivity contribution in [1.29, 1.82) is 0 Å². The summed E-state index contributed by atoms with van der Waals surface area (Å²) in [5, 5.41) is 2.82. The van der Waals surface area contributed by atoms with Crippen LogP contribution in [0.2, 0.25) is 0 Å². The summed E-state index contributed by atoms with van der Waals surface area (Å²) in [4.78, 5) is 31.5. The van der Waals surface area contributed by atoms with E-state index in [2.05, 4.69) is 17.2 Å². The zero-order chi connectivity index (χ0) is 18.5. The predicted molar refractivity (Wildman–Crippen MR) is 101 cm³/mol. The Hall–Kier alpha value is -3.15. The number of aromatic nitrogens is 2. The van der Waals surface area contributed by atoms with Gasteiger partial charge in [0, 0.05) is 25.5 Å². The van der Waals surface area contributed by atoms with Gasteiger partial charge < -0.3 is 10.2 Å². The molecule has 1 aromatic carbocycles. The minimum atomic E-state index is -0.354. The Balaban J connectivity index is 1.94. The molecule has 0 saturated carbocycles. The summed E-state index contributed by atoms with van der Waals surface area (Å²) < 4.78 is 1.65. The van der Waals surface area contributed by atoms with Gasteiger partial charge in [-0.15, -0.1) is 0 Å². The number of anilines is 1. The van der Waals surface area contributed by atoms with E-state index in [1.54, 1.807) is 40.7 Å². The number of rotatable bonds is 6. The third kappa shape index (κ3) is 3.59. The molecule has 0 unspecified atom stereocenters. The fraction of sp³-hybridized carbons (Fsp3) is 0.250. The molecule has 6 heteroatoms. The first-order valence-electron chi connectivity index (χ1n) is 8.70. The Bertz CT molecular complexity index is 918. The molecule has 2 aromatic heterocycles. The minimum absolute atomic E-state index is 0.180. The van der Waals surface area contributed by atoms with E-state index in [0.29, 0.717) is 23.4 Å². The Kier molecular flexibility index (Phi) is 5.31. The number of pyridine rings is 1. The number of nitrogens with zero attached hydrogens (tertiary/aromatic N) is 3. The van der Waals surface area contributed by atoms with Crippen LogP contribution in [0.15, 0.2) is 54.7 Å². The second-order valence-corrected chi connectivity index (χ2v) is 6.14. The van der Waals surface area contributed by atoms with Gasteiger partial charge >= 0.3 is 0 Å². The quantitative estimate of drug-likeness (QED) is 0.740. The van der Waals surface area contributed by atoms with E-state index in [0.717, 1.165) is 12.8 Å². The van der Waals surface area contributed by atoms with Crippen molar-refractivity contribution < 1.29 is 9.59 Å². The van der Waals surface area contributed by atoms with Gasteiger partial charge in [-0.05, 0) is 30.7 Å². The Morgan fingerprint density at radius 3 is 2.58 bits per heavy atom. The highest BCUT2D eigenvalue weighted by Gasteiger charge is 2.23. The van der Waals surface area contributed by atoms with Gasteiger partial charge in [0.2, 0.25) is 5.82 Å². The molecule has 26 heavy (non-hydrogen) atoms. The number of carbonyl (C=O) groups is 2. The average molecular weight is 350 g/mol. The lowest BCUT2D eigenvalue weighted by molar-refractivity contribution is 0.0790. The number of hydrogen-bond donors (Lipinski definition) is 1. The molecular formula is C20H22N4O2. The number of amides is 2. The van der Waals surface area contributed by atoms with Crippen molar-refractivity contribution in [3.63, 3.8) is 0 Å². The smallest absolute Gasteiger partial charge is 0.292 e. The second kappa shape index (κ2) is 7.82.